The van der Waals surface area contributed by atoms with E-state index < -0.39 is 11.7 Å². The van der Waals surface area contributed by atoms with Gasteiger partial charge in [-0.05, 0) is 12.8 Å². The number of carboxylic acids is 1. The van der Waals surface area contributed by atoms with E-state index >= 15 is 0 Å². The molecule has 10 heavy (non-hydrogen) atoms. The van der Waals surface area contributed by atoms with Crippen molar-refractivity contribution in [2.24, 2.45) is 5.92 Å². The van der Waals surface area contributed by atoms with Gasteiger partial charge in [0.1, 0.15) is 0 Å². The number of nitrogens with one attached hydrogen (secondary N) is 1. The van der Waals surface area contributed by atoms with Crippen molar-refractivity contribution in [1.29, 1.82) is 5.41 Å². The van der Waals surface area contributed by atoms with E-state index in [1.54, 1.807) is 0 Å². The molecule has 0 aliphatic heterocycles. The molecule has 0 atom stereocenters. The Balaban J connectivity index is 2.55. The van der Waals surface area contributed by atoms with Gasteiger partial charge in [-0.2, -0.15) is 0 Å². The van der Waals surface area contributed by atoms with Crippen LogP contribution in [0.3, 0.4) is 0 Å². The third-order valence-electron chi connectivity index (χ3n) is 1.52. The number of rotatable bonds is 3. The number of nitrogens with two attached hydrogens (primary N) is 1. The van der Waals surface area contributed by atoms with E-state index in [-0.39, 0.29) is 11.6 Å². The average molecular weight is 141 g/mol. The lowest BCUT2D eigenvalue weighted by molar-refractivity contribution is -0.130. The van der Waals surface area contributed by atoms with Crippen LogP contribution < -0.4 is 5.41 Å². The Bertz CT molecular complexity index is 206. The highest BCUT2D eigenvalue weighted by Gasteiger charge is 2.35. The number of hydrogen-bond donors (Lipinski definition) is 3. The predicted molar refractivity (Wildman–Crippen MR) is 35.0 cm³/mol. The maximum absolute atomic E-state index is 10.1. The van der Waals surface area contributed by atoms with Crippen molar-refractivity contribution >= 4 is 17.4 Å². The largest absolute Gasteiger partial charge is 0.476 e. The molecule has 0 unspecified atom stereocenters. The van der Waals surface area contributed by atoms with E-state index in [1.807, 2.05) is 0 Å². The molecule has 0 aromatic heterocycles. The Kier molecular flexibility index (Phi) is 1.53. The monoisotopic (exact) mass is 141 g/mol. The molecule has 1 aliphatic rings. The standard InChI is InChI=1S/C6H8N2O2/c7-4(3-1-2-3)5(8)6(9)10/h3,7-8H,1-2H2,(H,9,10)/p+1. The zero-order chi connectivity index (χ0) is 7.72. The average Bonchev–Trinajstić information content (AvgIpc) is 2.65. The molecular weight excluding hydrogens is 132 g/mol. The third-order valence-corrected chi connectivity index (χ3v) is 1.52. The van der Waals surface area contributed by atoms with Crippen LogP contribution >= 0.6 is 0 Å². The molecule has 4 nitrogen and oxygen atoms in total. The SMILES string of the molecule is N=C(C(=[NH2+])C1CC1)C(=O)O. The fourth-order valence-corrected chi connectivity index (χ4v) is 0.722. The maximum atomic E-state index is 10.1. The third kappa shape index (κ3) is 1.21. The lowest BCUT2D eigenvalue weighted by Gasteiger charge is -1.90. The molecule has 0 spiro atoms. The van der Waals surface area contributed by atoms with E-state index in [2.05, 4.69) is 0 Å². The molecule has 4 N–H and O–H groups in total. The first kappa shape index (κ1) is 6.92. The van der Waals surface area contributed by atoms with Crippen LogP contribution in [-0.4, -0.2) is 22.5 Å². The van der Waals surface area contributed by atoms with Crippen LogP contribution in [0.15, 0.2) is 0 Å². The Labute approximate surface area is 57.9 Å². The summed E-state index contributed by atoms with van der Waals surface area (Å²) in [5.74, 6) is -1.06. The molecule has 1 aliphatic carbocycles. The van der Waals surface area contributed by atoms with Crippen molar-refractivity contribution in [3.63, 3.8) is 0 Å². The van der Waals surface area contributed by atoms with Gasteiger partial charge in [-0.15, -0.1) is 0 Å². The molecule has 0 heterocycles. The summed E-state index contributed by atoms with van der Waals surface area (Å²) < 4.78 is 0. The summed E-state index contributed by atoms with van der Waals surface area (Å²) in [5.41, 5.74) is -0.213. The van der Waals surface area contributed by atoms with E-state index in [0.29, 0.717) is 0 Å². The van der Waals surface area contributed by atoms with Gasteiger partial charge < -0.3 is 5.11 Å². The van der Waals surface area contributed by atoms with Gasteiger partial charge in [0.15, 0.2) is 0 Å². The van der Waals surface area contributed by atoms with Gasteiger partial charge in [0.25, 0.3) is 0 Å². The summed E-state index contributed by atoms with van der Waals surface area (Å²) in [5, 5.41) is 20.6. The summed E-state index contributed by atoms with van der Waals surface area (Å²) >= 11 is 0. The molecule has 1 fully saturated rings. The van der Waals surface area contributed by atoms with Crippen molar-refractivity contribution < 1.29 is 15.3 Å². The number of carbonyl (C=O) groups is 1. The van der Waals surface area contributed by atoms with Crippen LogP contribution in [0.2, 0.25) is 0 Å². The van der Waals surface area contributed by atoms with E-state index in [0.717, 1.165) is 12.8 Å². The zero-order valence-corrected chi connectivity index (χ0v) is 5.42. The van der Waals surface area contributed by atoms with Crippen LogP contribution in [0.4, 0.5) is 0 Å². The van der Waals surface area contributed by atoms with Gasteiger partial charge >= 0.3 is 5.97 Å². The molecule has 1 saturated carbocycles. The van der Waals surface area contributed by atoms with Crippen molar-refractivity contribution in [3.8, 4) is 0 Å². The van der Waals surface area contributed by atoms with Crippen LogP contribution in [-0.2, 0) is 4.79 Å². The van der Waals surface area contributed by atoms with Crippen molar-refractivity contribution in [1.82, 2.24) is 0 Å². The highest BCUT2D eigenvalue weighted by molar-refractivity contribution is 6.63. The predicted octanol–water partition coefficient (Wildman–Crippen LogP) is -1.30. The molecule has 0 saturated heterocycles. The molecule has 0 amide bonds. The van der Waals surface area contributed by atoms with Gasteiger partial charge in [0.2, 0.25) is 11.4 Å². The summed E-state index contributed by atoms with van der Waals surface area (Å²) in [6, 6.07) is 0. The topological polar surface area (TPSA) is 86.7 Å². The first-order valence-electron chi connectivity index (χ1n) is 3.07. The second-order valence-corrected chi connectivity index (χ2v) is 2.41. The zero-order valence-electron chi connectivity index (χ0n) is 5.42. The summed E-state index contributed by atoms with van der Waals surface area (Å²) in [6.07, 6.45) is 1.86. The first-order chi connectivity index (χ1) is 4.63. The fourth-order valence-electron chi connectivity index (χ4n) is 0.722. The molecular formula is C6H9N2O2+. The smallest absolute Gasteiger partial charge is 0.360 e. The van der Waals surface area contributed by atoms with Crippen molar-refractivity contribution in [2.45, 2.75) is 12.8 Å². The molecule has 0 aromatic rings. The molecule has 54 valence electrons. The highest BCUT2D eigenvalue weighted by Crippen LogP contribution is 2.29. The van der Waals surface area contributed by atoms with Crippen molar-refractivity contribution in [2.75, 3.05) is 0 Å². The maximum Gasteiger partial charge on any atom is 0.360 e. The minimum atomic E-state index is -1.23. The normalized spacial score (nSPS) is 16.4. The van der Waals surface area contributed by atoms with Gasteiger partial charge in [-0.25, -0.2) is 4.79 Å². The fraction of sp³-hybridized carbons (Fsp3) is 0.500. The minimum absolute atomic E-state index is 0.170. The second-order valence-electron chi connectivity index (χ2n) is 2.41. The van der Waals surface area contributed by atoms with Gasteiger partial charge in [-0.1, -0.05) is 0 Å². The first-order valence-corrected chi connectivity index (χ1v) is 3.07. The van der Waals surface area contributed by atoms with Crippen LogP contribution in [0.25, 0.3) is 0 Å². The van der Waals surface area contributed by atoms with E-state index in [1.165, 1.54) is 0 Å². The van der Waals surface area contributed by atoms with Crippen LogP contribution in [0, 0.1) is 11.3 Å². The molecule has 4 heteroatoms. The number of carboxylic acid groups (broad SMARTS) is 1. The minimum Gasteiger partial charge on any atom is -0.476 e. The Morgan fingerprint density at radius 3 is 2.40 bits per heavy atom. The quantitative estimate of drug-likeness (QED) is 0.427. The molecule has 0 radical (unpaired) electrons. The Morgan fingerprint density at radius 2 is 2.10 bits per heavy atom. The number of aliphatic carboxylic acids is 1. The summed E-state index contributed by atoms with van der Waals surface area (Å²) in [6.45, 7) is 0. The van der Waals surface area contributed by atoms with Gasteiger partial charge in [-0.3, -0.25) is 10.8 Å². The molecule has 0 aromatic carbocycles. The van der Waals surface area contributed by atoms with Crippen LogP contribution in [0.5, 0.6) is 0 Å². The second kappa shape index (κ2) is 2.21. The lowest BCUT2D eigenvalue weighted by atomic mass is 10.1. The Morgan fingerprint density at radius 1 is 1.60 bits per heavy atom. The van der Waals surface area contributed by atoms with Crippen molar-refractivity contribution in [3.05, 3.63) is 0 Å². The highest BCUT2D eigenvalue weighted by atomic mass is 16.4. The van der Waals surface area contributed by atoms with E-state index in [9.17, 15) is 4.79 Å². The molecule has 0 bridgehead atoms. The lowest BCUT2D eigenvalue weighted by Crippen LogP contribution is -2.48. The summed E-state index contributed by atoms with van der Waals surface area (Å²) in [4.78, 5) is 10.1. The van der Waals surface area contributed by atoms with Gasteiger partial charge in [0.05, 0.1) is 0 Å². The molecule has 1 rings (SSSR count). The van der Waals surface area contributed by atoms with E-state index in [4.69, 9.17) is 15.9 Å². The van der Waals surface area contributed by atoms with Crippen LogP contribution in [0.1, 0.15) is 12.8 Å². The summed E-state index contributed by atoms with van der Waals surface area (Å²) in [7, 11) is 0. The van der Waals surface area contributed by atoms with Gasteiger partial charge in [0, 0.05) is 5.92 Å². The Hall–Kier alpha value is -1.19. The number of hydrogen-bond acceptors (Lipinski definition) is 2.